The summed E-state index contributed by atoms with van der Waals surface area (Å²) in [6, 6.07) is 8.89. The van der Waals surface area contributed by atoms with Crippen LogP contribution < -0.4 is 5.32 Å². The van der Waals surface area contributed by atoms with Crippen molar-refractivity contribution in [3.63, 3.8) is 0 Å². The van der Waals surface area contributed by atoms with E-state index >= 15 is 0 Å². The number of halogens is 1. The van der Waals surface area contributed by atoms with Crippen LogP contribution in [-0.4, -0.2) is 12.6 Å². The third-order valence-corrected chi connectivity index (χ3v) is 3.92. The zero-order valence-electron chi connectivity index (χ0n) is 10.7. The fraction of sp³-hybridized carbons (Fsp3) is 0.600. The Bertz CT molecular complexity index is 364. The molecule has 0 aromatic heterocycles. The molecule has 1 aliphatic carbocycles. The first kappa shape index (κ1) is 12.9. The molecule has 0 radical (unpaired) electrons. The summed E-state index contributed by atoms with van der Waals surface area (Å²) < 4.78 is 0. The minimum absolute atomic E-state index is 0.628. The highest BCUT2D eigenvalue weighted by Gasteiger charge is 2.38. The van der Waals surface area contributed by atoms with Crippen LogP contribution in [0.2, 0.25) is 5.02 Å². The van der Waals surface area contributed by atoms with Crippen LogP contribution in [0.15, 0.2) is 24.3 Å². The number of benzene rings is 1. The molecule has 0 aliphatic heterocycles. The Morgan fingerprint density at radius 1 is 1.47 bits per heavy atom. The Hall–Kier alpha value is -0.530. The van der Waals surface area contributed by atoms with Crippen molar-refractivity contribution in [2.45, 2.75) is 39.2 Å². The van der Waals surface area contributed by atoms with Crippen molar-refractivity contribution >= 4 is 11.6 Å². The molecular weight excluding hydrogens is 230 g/mol. The number of hydrogen-bond donors (Lipinski definition) is 1. The van der Waals surface area contributed by atoms with Gasteiger partial charge >= 0.3 is 0 Å². The Balaban J connectivity index is 1.96. The molecule has 2 heteroatoms. The van der Waals surface area contributed by atoms with Crippen LogP contribution >= 0.6 is 11.6 Å². The van der Waals surface area contributed by atoms with Crippen molar-refractivity contribution in [3.05, 3.63) is 34.9 Å². The fourth-order valence-electron chi connectivity index (χ4n) is 2.53. The summed E-state index contributed by atoms with van der Waals surface area (Å²) in [6.45, 7) is 5.69. The molecule has 1 aromatic rings. The molecule has 1 saturated carbocycles. The number of hydrogen-bond acceptors (Lipinski definition) is 1. The second-order valence-electron chi connectivity index (χ2n) is 5.27. The first-order chi connectivity index (χ1) is 8.20. The molecule has 0 amide bonds. The van der Waals surface area contributed by atoms with Gasteiger partial charge in [-0.15, -0.1) is 0 Å². The second kappa shape index (κ2) is 5.88. The van der Waals surface area contributed by atoms with Gasteiger partial charge in [-0.3, -0.25) is 0 Å². The second-order valence-corrected chi connectivity index (χ2v) is 5.71. The van der Waals surface area contributed by atoms with E-state index in [1.807, 2.05) is 12.1 Å². The Labute approximate surface area is 110 Å². The maximum atomic E-state index is 6.04. The van der Waals surface area contributed by atoms with Gasteiger partial charge in [0.2, 0.25) is 0 Å². The van der Waals surface area contributed by atoms with Crippen molar-refractivity contribution < 1.29 is 0 Å². The third-order valence-electron chi connectivity index (χ3n) is 3.69. The SMILES string of the molecule is CCCNC(Cc1cccc(Cl)c1)C1CC1C. The van der Waals surface area contributed by atoms with Gasteiger partial charge in [-0.1, -0.05) is 37.6 Å². The van der Waals surface area contributed by atoms with E-state index in [2.05, 4.69) is 31.3 Å². The van der Waals surface area contributed by atoms with E-state index in [0.29, 0.717) is 6.04 Å². The van der Waals surface area contributed by atoms with Crippen molar-refractivity contribution in [1.29, 1.82) is 0 Å². The molecular formula is C15H22ClN. The van der Waals surface area contributed by atoms with Gasteiger partial charge in [0, 0.05) is 11.1 Å². The maximum absolute atomic E-state index is 6.04. The molecule has 17 heavy (non-hydrogen) atoms. The number of nitrogens with one attached hydrogen (secondary N) is 1. The predicted octanol–water partition coefficient (Wildman–Crippen LogP) is 3.91. The van der Waals surface area contributed by atoms with Gasteiger partial charge in [0.15, 0.2) is 0 Å². The van der Waals surface area contributed by atoms with E-state index in [4.69, 9.17) is 11.6 Å². The lowest BCUT2D eigenvalue weighted by atomic mass is 10.0. The molecule has 3 unspecified atom stereocenters. The Kier molecular flexibility index (Phi) is 4.47. The minimum atomic E-state index is 0.628. The topological polar surface area (TPSA) is 12.0 Å². The highest BCUT2D eigenvalue weighted by atomic mass is 35.5. The van der Waals surface area contributed by atoms with E-state index in [1.54, 1.807) is 0 Å². The fourth-order valence-corrected chi connectivity index (χ4v) is 2.75. The lowest BCUT2D eigenvalue weighted by molar-refractivity contribution is 0.443. The van der Waals surface area contributed by atoms with E-state index in [1.165, 1.54) is 18.4 Å². The zero-order valence-corrected chi connectivity index (χ0v) is 11.5. The van der Waals surface area contributed by atoms with Gasteiger partial charge in [-0.05, 0) is 55.3 Å². The standard InChI is InChI=1S/C15H22ClN/c1-3-7-17-15(14-8-11(14)2)10-12-5-4-6-13(16)9-12/h4-6,9,11,14-15,17H,3,7-8,10H2,1-2H3. The monoisotopic (exact) mass is 251 g/mol. The Morgan fingerprint density at radius 3 is 2.82 bits per heavy atom. The summed E-state index contributed by atoms with van der Waals surface area (Å²) in [5.74, 6) is 1.75. The van der Waals surface area contributed by atoms with Gasteiger partial charge in [0.1, 0.15) is 0 Å². The van der Waals surface area contributed by atoms with Crippen LogP contribution in [-0.2, 0) is 6.42 Å². The van der Waals surface area contributed by atoms with Crippen LogP contribution in [0.1, 0.15) is 32.3 Å². The zero-order chi connectivity index (χ0) is 12.3. The van der Waals surface area contributed by atoms with Gasteiger partial charge in [-0.25, -0.2) is 0 Å². The minimum Gasteiger partial charge on any atom is -0.313 e. The van der Waals surface area contributed by atoms with Crippen molar-refractivity contribution in [3.8, 4) is 0 Å². The third kappa shape index (κ3) is 3.72. The smallest absolute Gasteiger partial charge is 0.0408 e. The maximum Gasteiger partial charge on any atom is 0.0408 e. The molecule has 1 aliphatic rings. The van der Waals surface area contributed by atoms with E-state index in [9.17, 15) is 0 Å². The molecule has 0 bridgehead atoms. The molecule has 1 fully saturated rings. The molecule has 0 saturated heterocycles. The molecule has 3 atom stereocenters. The van der Waals surface area contributed by atoms with Gasteiger partial charge in [-0.2, -0.15) is 0 Å². The first-order valence-corrected chi connectivity index (χ1v) is 7.06. The lowest BCUT2D eigenvalue weighted by Gasteiger charge is -2.18. The van der Waals surface area contributed by atoms with Crippen LogP contribution in [0, 0.1) is 11.8 Å². The average Bonchev–Trinajstić information content (AvgIpc) is 3.02. The van der Waals surface area contributed by atoms with Crippen molar-refractivity contribution in [2.24, 2.45) is 11.8 Å². The van der Waals surface area contributed by atoms with Gasteiger partial charge in [0.05, 0.1) is 0 Å². The van der Waals surface area contributed by atoms with Crippen molar-refractivity contribution in [2.75, 3.05) is 6.54 Å². The summed E-state index contributed by atoms with van der Waals surface area (Å²) in [5, 5.41) is 4.53. The highest BCUT2D eigenvalue weighted by Crippen LogP contribution is 2.41. The van der Waals surface area contributed by atoms with E-state index in [0.717, 1.165) is 29.8 Å². The first-order valence-electron chi connectivity index (χ1n) is 6.68. The van der Waals surface area contributed by atoms with E-state index < -0.39 is 0 Å². The van der Waals surface area contributed by atoms with Crippen LogP contribution in [0.25, 0.3) is 0 Å². The molecule has 1 N–H and O–H groups in total. The highest BCUT2D eigenvalue weighted by molar-refractivity contribution is 6.30. The summed E-state index contributed by atoms with van der Waals surface area (Å²) in [6.07, 6.45) is 3.69. The van der Waals surface area contributed by atoms with Crippen LogP contribution in [0.3, 0.4) is 0 Å². The van der Waals surface area contributed by atoms with E-state index in [-0.39, 0.29) is 0 Å². The van der Waals surface area contributed by atoms with Gasteiger partial charge < -0.3 is 5.32 Å². The normalized spacial score (nSPS) is 24.6. The molecule has 1 aromatic carbocycles. The molecule has 0 heterocycles. The summed E-state index contributed by atoms with van der Waals surface area (Å²) >= 11 is 6.04. The molecule has 0 spiro atoms. The average molecular weight is 252 g/mol. The van der Waals surface area contributed by atoms with Crippen LogP contribution in [0.4, 0.5) is 0 Å². The number of rotatable bonds is 6. The Morgan fingerprint density at radius 2 is 2.24 bits per heavy atom. The predicted molar refractivity (Wildman–Crippen MR) is 74.5 cm³/mol. The lowest BCUT2D eigenvalue weighted by Crippen LogP contribution is -2.34. The van der Waals surface area contributed by atoms with Gasteiger partial charge in [0.25, 0.3) is 0 Å². The largest absolute Gasteiger partial charge is 0.313 e. The molecule has 2 rings (SSSR count). The molecule has 1 nitrogen and oxygen atoms in total. The summed E-state index contributed by atoms with van der Waals surface area (Å²) in [5.41, 5.74) is 1.35. The van der Waals surface area contributed by atoms with Crippen LogP contribution in [0.5, 0.6) is 0 Å². The summed E-state index contributed by atoms with van der Waals surface area (Å²) in [7, 11) is 0. The summed E-state index contributed by atoms with van der Waals surface area (Å²) in [4.78, 5) is 0. The molecule has 94 valence electrons. The van der Waals surface area contributed by atoms with Crippen molar-refractivity contribution in [1.82, 2.24) is 5.32 Å². The quantitative estimate of drug-likeness (QED) is 0.809.